The Hall–Kier alpha value is -2.90. The fourth-order valence-corrected chi connectivity index (χ4v) is 3.16. The van der Waals surface area contributed by atoms with Crippen LogP contribution < -0.4 is 10.2 Å². The molecule has 1 saturated heterocycles. The van der Waals surface area contributed by atoms with Crippen LogP contribution >= 0.6 is 0 Å². The van der Waals surface area contributed by atoms with Crippen molar-refractivity contribution in [1.82, 2.24) is 15.5 Å². The summed E-state index contributed by atoms with van der Waals surface area (Å²) in [5.41, 5.74) is 3.71. The summed E-state index contributed by atoms with van der Waals surface area (Å²) in [4.78, 5) is 14.8. The van der Waals surface area contributed by atoms with Crippen LogP contribution in [0, 0.1) is 13.8 Å². The Bertz CT molecular complexity index is 924. The molecule has 4 rings (SSSR count). The summed E-state index contributed by atoms with van der Waals surface area (Å²) in [7, 11) is 0. The van der Waals surface area contributed by atoms with Gasteiger partial charge in [0.05, 0.1) is 11.4 Å². The number of fused-ring (bicyclic) bond motifs is 1. The third-order valence-corrected chi connectivity index (χ3v) is 4.71. The fraction of sp³-hybridized carbons (Fsp3) is 0.412. The van der Waals surface area contributed by atoms with E-state index in [4.69, 9.17) is 9.15 Å². The zero-order chi connectivity index (χ0) is 17.4. The molecule has 0 unspecified atom stereocenters. The van der Waals surface area contributed by atoms with Crippen molar-refractivity contribution in [3.05, 3.63) is 29.2 Å². The number of benzene rings is 1. The minimum atomic E-state index is -0.343. The molecular weight excluding hydrogens is 322 g/mol. The zero-order valence-electron chi connectivity index (χ0n) is 14.2. The zero-order valence-corrected chi connectivity index (χ0v) is 14.2. The summed E-state index contributed by atoms with van der Waals surface area (Å²) >= 11 is 0. The van der Waals surface area contributed by atoms with Gasteiger partial charge in [0, 0.05) is 18.7 Å². The summed E-state index contributed by atoms with van der Waals surface area (Å²) in [6.07, 6.45) is 3.58. The SMILES string of the molecule is Cc1onc(C(=O)Nc2ccc(N3CCCCC3)c3nonc23)c1C. The van der Waals surface area contributed by atoms with Crippen molar-refractivity contribution >= 4 is 28.3 Å². The van der Waals surface area contributed by atoms with Crippen molar-refractivity contribution in [2.75, 3.05) is 23.3 Å². The largest absolute Gasteiger partial charge is 0.370 e. The number of hydrogen-bond acceptors (Lipinski definition) is 7. The van der Waals surface area contributed by atoms with Gasteiger partial charge in [-0.05, 0) is 55.6 Å². The van der Waals surface area contributed by atoms with Crippen molar-refractivity contribution in [2.45, 2.75) is 33.1 Å². The molecule has 0 radical (unpaired) electrons. The molecule has 1 aliphatic heterocycles. The summed E-state index contributed by atoms with van der Waals surface area (Å²) in [5.74, 6) is 0.281. The molecule has 1 aromatic carbocycles. The normalized spacial score (nSPS) is 14.9. The number of anilines is 2. The van der Waals surface area contributed by atoms with Crippen LogP contribution in [0.4, 0.5) is 11.4 Å². The molecule has 1 fully saturated rings. The molecule has 0 bridgehead atoms. The molecule has 3 aromatic rings. The lowest BCUT2D eigenvalue weighted by Gasteiger charge is -2.28. The first-order chi connectivity index (χ1) is 12.1. The Labute approximate surface area is 144 Å². The smallest absolute Gasteiger partial charge is 0.278 e. The molecular formula is C17H19N5O3. The van der Waals surface area contributed by atoms with Crippen LogP contribution in [0.2, 0.25) is 0 Å². The molecule has 1 N–H and O–H groups in total. The van der Waals surface area contributed by atoms with Crippen LogP contribution in [0.3, 0.4) is 0 Å². The van der Waals surface area contributed by atoms with Crippen LogP contribution in [0.15, 0.2) is 21.3 Å². The minimum absolute atomic E-state index is 0.266. The first-order valence-corrected chi connectivity index (χ1v) is 8.39. The van der Waals surface area contributed by atoms with Gasteiger partial charge in [-0.3, -0.25) is 4.79 Å². The standard InChI is InChI=1S/C17H19N5O3/c1-10-11(2)24-19-14(10)17(23)18-12-6-7-13(16-15(12)20-25-21-16)22-8-4-3-5-9-22/h6-7H,3-5,8-9H2,1-2H3,(H,18,23). The number of nitrogens with one attached hydrogen (secondary N) is 1. The van der Waals surface area contributed by atoms with Crippen molar-refractivity contribution < 1.29 is 13.9 Å². The molecule has 0 aliphatic carbocycles. The van der Waals surface area contributed by atoms with E-state index in [0.29, 0.717) is 22.5 Å². The Morgan fingerprint density at radius 2 is 1.84 bits per heavy atom. The number of carbonyl (C=O) groups is 1. The highest BCUT2D eigenvalue weighted by molar-refractivity contribution is 6.09. The van der Waals surface area contributed by atoms with Crippen molar-refractivity contribution in [2.24, 2.45) is 0 Å². The molecule has 0 atom stereocenters. The molecule has 0 saturated carbocycles. The lowest BCUT2D eigenvalue weighted by molar-refractivity contribution is 0.101. The number of carbonyl (C=O) groups excluding carboxylic acids is 1. The van der Waals surface area contributed by atoms with Gasteiger partial charge in [-0.15, -0.1) is 0 Å². The van der Waals surface area contributed by atoms with Crippen LogP contribution in [0.25, 0.3) is 11.0 Å². The number of amides is 1. The fourth-order valence-electron chi connectivity index (χ4n) is 3.16. The van der Waals surface area contributed by atoms with Gasteiger partial charge in [0.1, 0.15) is 5.76 Å². The second kappa shape index (κ2) is 6.19. The number of hydrogen-bond donors (Lipinski definition) is 1. The van der Waals surface area contributed by atoms with Gasteiger partial charge < -0.3 is 14.7 Å². The monoisotopic (exact) mass is 341 g/mol. The predicted molar refractivity (Wildman–Crippen MR) is 91.8 cm³/mol. The topological polar surface area (TPSA) is 97.3 Å². The number of aromatic nitrogens is 3. The number of nitrogens with zero attached hydrogens (tertiary/aromatic N) is 4. The van der Waals surface area contributed by atoms with E-state index in [9.17, 15) is 4.79 Å². The van der Waals surface area contributed by atoms with E-state index in [1.807, 2.05) is 12.1 Å². The predicted octanol–water partition coefficient (Wildman–Crippen LogP) is 3.07. The second-order valence-electron chi connectivity index (χ2n) is 6.31. The van der Waals surface area contributed by atoms with Gasteiger partial charge in [0.2, 0.25) is 0 Å². The van der Waals surface area contributed by atoms with Crippen LogP contribution in [-0.2, 0) is 0 Å². The summed E-state index contributed by atoms with van der Waals surface area (Å²) in [6, 6.07) is 3.78. The molecule has 1 amide bonds. The lowest BCUT2D eigenvalue weighted by atomic mass is 10.1. The van der Waals surface area contributed by atoms with Gasteiger partial charge in [-0.25, -0.2) is 4.63 Å². The third-order valence-electron chi connectivity index (χ3n) is 4.71. The molecule has 25 heavy (non-hydrogen) atoms. The Morgan fingerprint density at radius 3 is 2.56 bits per heavy atom. The maximum Gasteiger partial charge on any atom is 0.278 e. The van der Waals surface area contributed by atoms with E-state index in [-0.39, 0.29) is 11.6 Å². The summed E-state index contributed by atoms with van der Waals surface area (Å²) in [5, 5.41) is 14.7. The van der Waals surface area contributed by atoms with Gasteiger partial charge in [0.15, 0.2) is 16.7 Å². The number of aryl methyl sites for hydroxylation is 1. The van der Waals surface area contributed by atoms with E-state index in [2.05, 4.69) is 25.7 Å². The van der Waals surface area contributed by atoms with Gasteiger partial charge >= 0.3 is 0 Å². The van der Waals surface area contributed by atoms with Crippen molar-refractivity contribution in [1.29, 1.82) is 0 Å². The summed E-state index contributed by atoms with van der Waals surface area (Å²) < 4.78 is 10.0. The minimum Gasteiger partial charge on any atom is -0.370 e. The van der Waals surface area contributed by atoms with Crippen molar-refractivity contribution in [3.8, 4) is 0 Å². The van der Waals surface area contributed by atoms with Gasteiger partial charge in [-0.1, -0.05) is 5.16 Å². The first-order valence-electron chi connectivity index (χ1n) is 8.39. The average Bonchev–Trinajstić information content (AvgIpc) is 3.24. The molecule has 2 aromatic heterocycles. The molecule has 0 spiro atoms. The van der Waals surface area contributed by atoms with E-state index in [1.165, 1.54) is 6.42 Å². The molecule has 8 heteroatoms. The van der Waals surface area contributed by atoms with Gasteiger partial charge in [0.25, 0.3) is 5.91 Å². The van der Waals surface area contributed by atoms with E-state index in [1.54, 1.807) is 13.8 Å². The van der Waals surface area contributed by atoms with E-state index < -0.39 is 0 Å². The molecule has 3 heterocycles. The quantitative estimate of drug-likeness (QED) is 0.782. The third kappa shape index (κ3) is 2.73. The van der Waals surface area contributed by atoms with Crippen molar-refractivity contribution in [3.63, 3.8) is 0 Å². The maximum absolute atomic E-state index is 12.5. The van der Waals surface area contributed by atoms with Crippen LogP contribution in [-0.4, -0.2) is 34.5 Å². The second-order valence-corrected chi connectivity index (χ2v) is 6.31. The average molecular weight is 341 g/mol. The highest BCUT2D eigenvalue weighted by atomic mass is 16.6. The molecule has 130 valence electrons. The Balaban J connectivity index is 1.66. The van der Waals surface area contributed by atoms with Gasteiger partial charge in [-0.2, -0.15) is 0 Å². The highest BCUT2D eigenvalue weighted by Crippen LogP contribution is 2.31. The molecule has 1 aliphatic rings. The first kappa shape index (κ1) is 15.6. The van der Waals surface area contributed by atoms with E-state index in [0.717, 1.165) is 37.2 Å². The molecule has 8 nitrogen and oxygen atoms in total. The number of rotatable bonds is 3. The Morgan fingerprint density at radius 1 is 1.08 bits per heavy atom. The highest BCUT2D eigenvalue weighted by Gasteiger charge is 2.21. The van der Waals surface area contributed by atoms with Crippen LogP contribution in [0.1, 0.15) is 41.1 Å². The van der Waals surface area contributed by atoms with E-state index >= 15 is 0 Å². The van der Waals surface area contributed by atoms with Crippen LogP contribution in [0.5, 0.6) is 0 Å². The summed E-state index contributed by atoms with van der Waals surface area (Å²) in [6.45, 7) is 5.55. The number of piperidine rings is 1. The lowest BCUT2D eigenvalue weighted by Crippen LogP contribution is -2.29. The maximum atomic E-state index is 12.5. The Kier molecular flexibility index (Phi) is 3.87.